The molecule has 0 aliphatic heterocycles. The van der Waals surface area contributed by atoms with Crippen LogP contribution in [0, 0.1) is 5.82 Å². The molecular formula is C18H16FN3O. The van der Waals surface area contributed by atoms with Gasteiger partial charge in [-0.1, -0.05) is 42.5 Å². The normalized spacial score (nSPS) is 11.9. The number of aromatic amines is 1. The van der Waals surface area contributed by atoms with E-state index in [1.54, 1.807) is 24.5 Å². The van der Waals surface area contributed by atoms with Gasteiger partial charge in [-0.15, -0.1) is 0 Å². The second-order valence-electron chi connectivity index (χ2n) is 5.16. The molecule has 1 amide bonds. The van der Waals surface area contributed by atoms with Crippen LogP contribution in [0.1, 0.15) is 27.8 Å². The van der Waals surface area contributed by atoms with Gasteiger partial charge >= 0.3 is 0 Å². The Kier molecular flexibility index (Phi) is 4.47. The van der Waals surface area contributed by atoms with Gasteiger partial charge in [0.15, 0.2) is 0 Å². The van der Waals surface area contributed by atoms with Crippen LogP contribution in [-0.4, -0.2) is 15.9 Å². The van der Waals surface area contributed by atoms with Gasteiger partial charge < -0.3 is 10.3 Å². The van der Waals surface area contributed by atoms with Crippen LogP contribution in [0.2, 0.25) is 0 Å². The van der Waals surface area contributed by atoms with Crippen molar-refractivity contribution < 1.29 is 9.18 Å². The molecule has 4 nitrogen and oxygen atoms in total. The average Bonchev–Trinajstić information content (AvgIpc) is 3.08. The Morgan fingerprint density at radius 2 is 1.87 bits per heavy atom. The van der Waals surface area contributed by atoms with Crippen LogP contribution in [0.4, 0.5) is 4.39 Å². The lowest BCUT2D eigenvalue weighted by Crippen LogP contribution is -2.30. The maximum atomic E-state index is 13.8. The SMILES string of the molecule is O=C(N[C@H](Cc1ncc[nH]1)c1ccccc1)c1ccccc1F. The summed E-state index contributed by atoms with van der Waals surface area (Å²) in [5.41, 5.74) is 0.974. The van der Waals surface area contributed by atoms with Gasteiger partial charge in [-0.05, 0) is 17.7 Å². The minimum atomic E-state index is -0.533. The Hall–Kier alpha value is -2.95. The highest BCUT2D eigenvalue weighted by Crippen LogP contribution is 2.18. The first-order chi connectivity index (χ1) is 11.2. The summed E-state index contributed by atoms with van der Waals surface area (Å²) in [6, 6.07) is 15.2. The van der Waals surface area contributed by atoms with E-state index >= 15 is 0 Å². The Labute approximate surface area is 133 Å². The number of carbonyl (C=O) groups is 1. The van der Waals surface area contributed by atoms with Crippen molar-refractivity contribution in [3.63, 3.8) is 0 Å². The standard InChI is InChI=1S/C18H16FN3O/c19-15-9-5-4-8-14(15)18(23)22-16(12-17-20-10-11-21-17)13-6-2-1-3-7-13/h1-11,16H,12H2,(H,20,21)(H,22,23)/t16-/m1/s1. The van der Waals surface area contributed by atoms with Crippen molar-refractivity contribution in [2.75, 3.05) is 0 Å². The Balaban J connectivity index is 1.84. The van der Waals surface area contributed by atoms with E-state index < -0.39 is 11.7 Å². The van der Waals surface area contributed by atoms with Gasteiger partial charge in [0.25, 0.3) is 5.91 Å². The second kappa shape index (κ2) is 6.87. The fourth-order valence-corrected chi connectivity index (χ4v) is 2.42. The minimum Gasteiger partial charge on any atom is -0.349 e. The number of imidazole rings is 1. The zero-order valence-corrected chi connectivity index (χ0v) is 12.4. The molecule has 0 spiro atoms. The molecular weight excluding hydrogens is 293 g/mol. The van der Waals surface area contributed by atoms with E-state index in [9.17, 15) is 9.18 Å². The van der Waals surface area contributed by atoms with Crippen LogP contribution >= 0.6 is 0 Å². The number of benzene rings is 2. The second-order valence-corrected chi connectivity index (χ2v) is 5.16. The molecule has 1 atom stereocenters. The van der Waals surface area contributed by atoms with Crippen molar-refractivity contribution in [3.05, 3.63) is 89.8 Å². The van der Waals surface area contributed by atoms with Crippen molar-refractivity contribution in [3.8, 4) is 0 Å². The first-order valence-corrected chi connectivity index (χ1v) is 7.32. The lowest BCUT2D eigenvalue weighted by atomic mass is 10.0. The molecule has 23 heavy (non-hydrogen) atoms. The molecule has 3 aromatic rings. The summed E-state index contributed by atoms with van der Waals surface area (Å²) in [7, 11) is 0. The zero-order chi connectivity index (χ0) is 16.1. The van der Waals surface area contributed by atoms with Crippen LogP contribution in [0.15, 0.2) is 67.0 Å². The Morgan fingerprint density at radius 1 is 1.13 bits per heavy atom. The van der Waals surface area contributed by atoms with Crippen molar-refractivity contribution in [2.24, 2.45) is 0 Å². The zero-order valence-electron chi connectivity index (χ0n) is 12.4. The summed E-state index contributed by atoms with van der Waals surface area (Å²) >= 11 is 0. The molecule has 0 unspecified atom stereocenters. The van der Waals surface area contributed by atoms with Crippen LogP contribution in [0.25, 0.3) is 0 Å². The lowest BCUT2D eigenvalue weighted by Gasteiger charge is -2.18. The molecule has 0 aliphatic carbocycles. The van der Waals surface area contributed by atoms with Gasteiger partial charge in [0, 0.05) is 18.8 Å². The predicted octanol–water partition coefficient (Wildman–Crippen LogP) is 3.26. The number of hydrogen-bond acceptors (Lipinski definition) is 2. The molecule has 0 fully saturated rings. The molecule has 0 saturated carbocycles. The summed E-state index contributed by atoms with van der Waals surface area (Å²) in [5, 5.41) is 2.89. The third kappa shape index (κ3) is 3.63. The number of nitrogens with one attached hydrogen (secondary N) is 2. The molecule has 0 radical (unpaired) electrons. The van der Waals surface area contributed by atoms with Gasteiger partial charge in [-0.25, -0.2) is 9.37 Å². The number of nitrogens with zero attached hydrogens (tertiary/aromatic N) is 1. The Bertz CT molecular complexity index is 772. The van der Waals surface area contributed by atoms with E-state index in [0.29, 0.717) is 6.42 Å². The summed E-state index contributed by atoms with van der Waals surface area (Å²) < 4.78 is 13.8. The number of H-pyrrole nitrogens is 1. The van der Waals surface area contributed by atoms with Crippen molar-refractivity contribution in [2.45, 2.75) is 12.5 Å². The molecule has 1 aromatic heterocycles. The van der Waals surface area contributed by atoms with Crippen LogP contribution in [0.3, 0.4) is 0 Å². The number of hydrogen-bond donors (Lipinski definition) is 2. The van der Waals surface area contributed by atoms with E-state index in [4.69, 9.17) is 0 Å². The van der Waals surface area contributed by atoms with E-state index in [2.05, 4.69) is 15.3 Å². The topological polar surface area (TPSA) is 57.8 Å². The van der Waals surface area contributed by atoms with E-state index in [1.807, 2.05) is 30.3 Å². The average molecular weight is 309 g/mol. The van der Waals surface area contributed by atoms with Gasteiger partial charge in [0.05, 0.1) is 11.6 Å². The minimum absolute atomic E-state index is 0.0351. The smallest absolute Gasteiger partial charge is 0.254 e. The maximum Gasteiger partial charge on any atom is 0.254 e. The summed E-state index contributed by atoms with van der Waals surface area (Å²) in [6.07, 6.45) is 3.89. The molecule has 0 bridgehead atoms. The van der Waals surface area contributed by atoms with Gasteiger partial charge in [-0.2, -0.15) is 0 Å². The maximum absolute atomic E-state index is 13.8. The number of carbonyl (C=O) groups excluding carboxylic acids is 1. The Morgan fingerprint density at radius 3 is 2.57 bits per heavy atom. The molecule has 0 aliphatic rings. The van der Waals surface area contributed by atoms with Crippen LogP contribution < -0.4 is 5.32 Å². The molecule has 116 valence electrons. The molecule has 2 aromatic carbocycles. The molecule has 0 saturated heterocycles. The highest BCUT2D eigenvalue weighted by molar-refractivity contribution is 5.94. The van der Waals surface area contributed by atoms with Gasteiger partial charge in [0.2, 0.25) is 0 Å². The fourth-order valence-electron chi connectivity index (χ4n) is 2.42. The van der Waals surface area contributed by atoms with Crippen molar-refractivity contribution in [1.82, 2.24) is 15.3 Å². The first-order valence-electron chi connectivity index (χ1n) is 7.32. The quantitative estimate of drug-likeness (QED) is 0.760. The predicted molar refractivity (Wildman–Crippen MR) is 85.3 cm³/mol. The molecule has 1 heterocycles. The number of aromatic nitrogens is 2. The van der Waals surface area contributed by atoms with E-state index in [1.165, 1.54) is 12.1 Å². The number of halogens is 1. The van der Waals surface area contributed by atoms with Gasteiger partial charge in [0.1, 0.15) is 11.6 Å². The van der Waals surface area contributed by atoms with Crippen molar-refractivity contribution >= 4 is 5.91 Å². The highest BCUT2D eigenvalue weighted by Gasteiger charge is 2.19. The van der Waals surface area contributed by atoms with E-state index in [0.717, 1.165) is 11.4 Å². The molecule has 5 heteroatoms. The number of rotatable bonds is 5. The van der Waals surface area contributed by atoms with Crippen LogP contribution in [0.5, 0.6) is 0 Å². The monoisotopic (exact) mass is 309 g/mol. The fraction of sp³-hybridized carbons (Fsp3) is 0.111. The van der Waals surface area contributed by atoms with Crippen LogP contribution in [-0.2, 0) is 6.42 Å². The molecule has 2 N–H and O–H groups in total. The third-order valence-electron chi connectivity index (χ3n) is 3.58. The summed E-state index contributed by atoms with van der Waals surface area (Å²) in [6.45, 7) is 0. The first kappa shape index (κ1) is 15.0. The molecule has 3 rings (SSSR count). The summed E-state index contributed by atoms with van der Waals surface area (Å²) in [5.74, 6) is -0.217. The largest absolute Gasteiger partial charge is 0.349 e. The van der Waals surface area contributed by atoms with Gasteiger partial charge in [-0.3, -0.25) is 4.79 Å². The lowest BCUT2D eigenvalue weighted by molar-refractivity contribution is 0.0932. The highest BCUT2D eigenvalue weighted by atomic mass is 19.1. The van der Waals surface area contributed by atoms with Crippen molar-refractivity contribution in [1.29, 1.82) is 0 Å². The van der Waals surface area contributed by atoms with E-state index in [-0.39, 0.29) is 11.6 Å². The third-order valence-corrected chi connectivity index (χ3v) is 3.58. The number of amides is 1. The summed E-state index contributed by atoms with van der Waals surface area (Å²) in [4.78, 5) is 19.6.